The maximum atomic E-state index is 11.8. The molecule has 0 heterocycles. The lowest BCUT2D eigenvalue weighted by Gasteiger charge is -2.17. The molecule has 0 aliphatic rings. The van der Waals surface area contributed by atoms with Crippen molar-refractivity contribution in [2.24, 2.45) is 5.73 Å². The van der Waals surface area contributed by atoms with Crippen LogP contribution in [0.15, 0.2) is 30.3 Å². The molecule has 1 aromatic carbocycles. The van der Waals surface area contributed by atoms with Gasteiger partial charge in [0.05, 0.1) is 12.5 Å². The fourth-order valence-corrected chi connectivity index (χ4v) is 1.94. The third-order valence-corrected chi connectivity index (χ3v) is 3.21. The van der Waals surface area contributed by atoms with Crippen LogP contribution in [0, 0.1) is 0 Å². The van der Waals surface area contributed by atoms with E-state index in [0.717, 1.165) is 5.56 Å². The molecule has 4 N–H and O–H groups in total. The standard InChI is InChI=1S/C15H22N2O4/c1-21-12(10-16)9-14(18)17-13(15(19)20)8-7-11-5-3-2-4-6-11/h2-6,12-13H,7-10,16H2,1H3,(H,17,18)(H,19,20)/t12?,13-/m0/s1. The van der Waals surface area contributed by atoms with Crippen molar-refractivity contribution >= 4 is 11.9 Å². The Labute approximate surface area is 124 Å². The van der Waals surface area contributed by atoms with Crippen molar-refractivity contribution < 1.29 is 19.4 Å². The SMILES string of the molecule is COC(CN)CC(=O)N[C@@H](CCc1ccccc1)C(=O)O. The van der Waals surface area contributed by atoms with E-state index in [2.05, 4.69) is 5.32 Å². The number of carbonyl (C=O) groups excluding carboxylic acids is 1. The summed E-state index contributed by atoms with van der Waals surface area (Å²) in [4.78, 5) is 23.0. The van der Waals surface area contributed by atoms with E-state index in [0.29, 0.717) is 12.8 Å². The maximum absolute atomic E-state index is 11.8. The normalized spacial score (nSPS) is 13.4. The van der Waals surface area contributed by atoms with Gasteiger partial charge in [-0.25, -0.2) is 4.79 Å². The molecule has 0 saturated carbocycles. The highest BCUT2D eigenvalue weighted by atomic mass is 16.5. The predicted octanol–water partition coefficient (Wildman–Crippen LogP) is 0.552. The van der Waals surface area contributed by atoms with Gasteiger partial charge in [0, 0.05) is 13.7 Å². The van der Waals surface area contributed by atoms with Crippen LogP contribution in [0.4, 0.5) is 0 Å². The molecule has 1 aromatic rings. The predicted molar refractivity (Wildman–Crippen MR) is 78.8 cm³/mol. The number of rotatable bonds is 9. The molecule has 0 aliphatic heterocycles. The fraction of sp³-hybridized carbons (Fsp3) is 0.467. The van der Waals surface area contributed by atoms with Crippen LogP contribution in [-0.4, -0.2) is 42.8 Å². The number of methoxy groups -OCH3 is 1. The van der Waals surface area contributed by atoms with Crippen LogP contribution in [-0.2, 0) is 20.7 Å². The summed E-state index contributed by atoms with van der Waals surface area (Å²) in [6, 6.07) is 8.64. The van der Waals surface area contributed by atoms with E-state index in [-0.39, 0.29) is 18.9 Å². The Morgan fingerprint density at radius 1 is 1.33 bits per heavy atom. The third kappa shape index (κ3) is 6.37. The summed E-state index contributed by atoms with van der Waals surface area (Å²) < 4.78 is 5.01. The molecule has 0 aromatic heterocycles. The van der Waals surface area contributed by atoms with Crippen LogP contribution in [0.2, 0.25) is 0 Å². The first-order valence-corrected chi connectivity index (χ1v) is 6.85. The number of hydrogen-bond acceptors (Lipinski definition) is 4. The van der Waals surface area contributed by atoms with Crippen LogP contribution in [0.25, 0.3) is 0 Å². The largest absolute Gasteiger partial charge is 0.480 e. The summed E-state index contributed by atoms with van der Waals surface area (Å²) in [6.45, 7) is 0.214. The molecule has 2 atom stereocenters. The molecular weight excluding hydrogens is 272 g/mol. The first kappa shape index (κ1) is 17.1. The molecule has 0 saturated heterocycles. The van der Waals surface area contributed by atoms with E-state index in [1.165, 1.54) is 7.11 Å². The molecule has 116 valence electrons. The van der Waals surface area contributed by atoms with Crippen LogP contribution >= 0.6 is 0 Å². The molecular formula is C15H22N2O4. The van der Waals surface area contributed by atoms with Crippen LogP contribution in [0.3, 0.4) is 0 Å². The zero-order valence-electron chi connectivity index (χ0n) is 12.1. The van der Waals surface area contributed by atoms with Gasteiger partial charge < -0.3 is 20.9 Å². The summed E-state index contributed by atoms with van der Waals surface area (Å²) in [5.41, 5.74) is 6.47. The number of nitrogens with one attached hydrogen (secondary N) is 1. The number of carboxylic acid groups (broad SMARTS) is 1. The van der Waals surface area contributed by atoms with E-state index in [4.69, 9.17) is 10.5 Å². The van der Waals surface area contributed by atoms with Gasteiger partial charge in [-0.05, 0) is 18.4 Å². The number of benzene rings is 1. The highest BCUT2D eigenvalue weighted by molar-refractivity contribution is 5.83. The number of hydrogen-bond donors (Lipinski definition) is 3. The Kier molecular flexibility index (Phi) is 7.42. The van der Waals surface area contributed by atoms with Gasteiger partial charge in [-0.1, -0.05) is 30.3 Å². The number of aryl methyl sites for hydroxylation is 1. The average Bonchev–Trinajstić information content (AvgIpc) is 2.49. The van der Waals surface area contributed by atoms with Gasteiger partial charge >= 0.3 is 5.97 Å². The molecule has 0 radical (unpaired) electrons. The van der Waals surface area contributed by atoms with Crippen molar-refractivity contribution in [1.82, 2.24) is 5.32 Å². The smallest absolute Gasteiger partial charge is 0.326 e. The van der Waals surface area contributed by atoms with Gasteiger partial charge in [0.2, 0.25) is 5.91 Å². The molecule has 0 aliphatic carbocycles. The summed E-state index contributed by atoms with van der Waals surface area (Å²) in [5.74, 6) is -1.41. The molecule has 0 fully saturated rings. The second-order valence-corrected chi connectivity index (χ2v) is 4.78. The Morgan fingerprint density at radius 2 is 2.00 bits per heavy atom. The monoisotopic (exact) mass is 294 g/mol. The molecule has 0 bridgehead atoms. The van der Waals surface area contributed by atoms with E-state index in [1.807, 2.05) is 30.3 Å². The summed E-state index contributed by atoms with van der Waals surface area (Å²) in [7, 11) is 1.47. The molecule has 6 nitrogen and oxygen atoms in total. The summed E-state index contributed by atoms with van der Waals surface area (Å²) >= 11 is 0. The zero-order valence-corrected chi connectivity index (χ0v) is 12.1. The van der Waals surface area contributed by atoms with Crippen molar-refractivity contribution in [2.75, 3.05) is 13.7 Å². The number of carbonyl (C=O) groups is 2. The van der Waals surface area contributed by atoms with Gasteiger partial charge in [0.1, 0.15) is 6.04 Å². The lowest BCUT2D eigenvalue weighted by Crippen LogP contribution is -2.43. The van der Waals surface area contributed by atoms with Crippen LogP contribution < -0.4 is 11.1 Å². The average molecular weight is 294 g/mol. The lowest BCUT2D eigenvalue weighted by molar-refractivity contribution is -0.142. The fourth-order valence-electron chi connectivity index (χ4n) is 1.94. The minimum Gasteiger partial charge on any atom is -0.480 e. The van der Waals surface area contributed by atoms with Gasteiger partial charge in [0.25, 0.3) is 0 Å². The van der Waals surface area contributed by atoms with E-state index in [1.54, 1.807) is 0 Å². The van der Waals surface area contributed by atoms with Gasteiger partial charge in [0.15, 0.2) is 0 Å². The number of aliphatic carboxylic acids is 1. The Bertz CT molecular complexity index is 446. The minimum atomic E-state index is -1.04. The molecule has 1 unspecified atom stereocenters. The second kappa shape index (κ2) is 9.10. The molecule has 6 heteroatoms. The van der Waals surface area contributed by atoms with Crippen LogP contribution in [0.5, 0.6) is 0 Å². The molecule has 21 heavy (non-hydrogen) atoms. The minimum absolute atomic E-state index is 0.0577. The topological polar surface area (TPSA) is 102 Å². The van der Waals surface area contributed by atoms with E-state index in [9.17, 15) is 14.7 Å². The van der Waals surface area contributed by atoms with Crippen molar-refractivity contribution in [3.63, 3.8) is 0 Å². The van der Waals surface area contributed by atoms with E-state index < -0.39 is 18.1 Å². The maximum Gasteiger partial charge on any atom is 0.326 e. The van der Waals surface area contributed by atoms with Crippen molar-refractivity contribution in [3.8, 4) is 0 Å². The Balaban J connectivity index is 2.50. The van der Waals surface area contributed by atoms with Crippen molar-refractivity contribution in [1.29, 1.82) is 0 Å². The third-order valence-electron chi connectivity index (χ3n) is 3.21. The first-order chi connectivity index (χ1) is 10.1. The first-order valence-electron chi connectivity index (χ1n) is 6.85. The van der Waals surface area contributed by atoms with Crippen molar-refractivity contribution in [2.45, 2.75) is 31.4 Å². The summed E-state index contributed by atoms with van der Waals surface area (Å²) in [5, 5.41) is 11.7. The molecule has 1 amide bonds. The number of nitrogens with two attached hydrogens (primary N) is 1. The highest BCUT2D eigenvalue weighted by Gasteiger charge is 2.21. The zero-order chi connectivity index (χ0) is 15.7. The number of ether oxygens (including phenoxy) is 1. The van der Waals surface area contributed by atoms with Gasteiger partial charge in [-0.3, -0.25) is 4.79 Å². The quantitative estimate of drug-likeness (QED) is 0.617. The van der Waals surface area contributed by atoms with E-state index >= 15 is 0 Å². The Morgan fingerprint density at radius 3 is 2.52 bits per heavy atom. The molecule has 0 spiro atoms. The Hall–Kier alpha value is -1.92. The van der Waals surface area contributed by atoms with Gasteiger partial charge in [-0.2, -0.15) is 0 Å². The van der Waals surface area contributed by atoms with Crippen molar-refractivity contribution in [3.05, 3.63) is 35.9 Å². The highest BCUT2D eigenvalue weighted by Crippen LogP contribution is 2.06. The van der Waals surface area contributed by atoms with Crippen LogP contribution in [0.1, 0.15) is 18.4 Å². The molecule has 1 rings (SSSR count). The second-order valence-electron chi connectivity index (χ2n) is 4.78. The number of carboxylic acids is 1. The van der Waals surface area contributed by atoms with Gasteiger partial charge in [-0.15, -0.1) is 0 Å². The lowest BCUT2D eigenvalue weighted by atomic mass is 10.0. The summed E-state index contributed by atoms with van der Waals surface area (Å²) in [6.07, 6.45) is 0.587. The number of amides is 1.